The molecule has 0 aliphatic rings. The molecule has 0 saturated carbocycles. The maximum atomic E-state index is 5.38. The van der Waals surface area contributed by atoms with Gasteiger partial charge in [0, 0.05) is 12.4 Å². The lowest BCUT2D eigenvalue weighted by Gasteiger charge is -2.02. The molecule has 0 radical (unpaired) electrons. The van der Waals surface area contributed by atoms with E-state index in [1.807, 2.05) is 13.8 Å². The molecule has 2 aromatic rings. The predicted molar refractivity (Wildman–Crippen MR) is 84.5 cm³/mol. The molecule has 0 bridgehead atoms. The summed E-state index contributed by atoms with van der Waals surface area (Å²) in [7, 11) is 0. The van der Waals surface area contributed by atoms with Gasteiger partial charge in [-0.2, -0.15) is 0 Å². The maximum absolute atomic E-state index is 5.38. The molecule has 4 nitrogen and oxygen atoms in total. The lowest BCUT2D eigenvalue weighted by Crippen LogP contribution is -1.85. The molecule has 0 aliphatic heterocycles. The standard InChI is InChI=1S/C14H16N2O2S2/c1-5-17-9(3)11-7-15-13(19-11)14-16-8-12(20-14)10(4)18-6-2/h7-8H,3-6H2,1-2H3. The van der Waals surface area contributed by atoms with Crippen molar-refractivity contribution < 1.29 is 9.47 Å². The molecule has 20 heavy (non-hydrogen) atoms. The summed E-state index contributed by atoms with van der Waals surface area (Å²) in [6.07, 6.45) is 3.52. The van der Waals surface area contributed by atoms with E-state index in [4.69, 9.17) is 9.47 Å². The summed E-state index contributed by atoms with van der Waals surface area (Å²) in [5.41, 5.74) is 0. The summed E-state index contributed by atoms with van der Waals surface area (Å²) in [4.78, 5) is 10.6. The van der Waals surface area contributed by atoms with E-state index < -0.39 is 0 Å². The van der Waals surface area contributed by atoms with E-state index in [9.17, 15) is 0 Å². The molecular weight excluding hydrogens is 292 g/mol. The fourth-order valence-corrected chi connectivity index (χ4v) is 3.21. The van der Waals surface area contributed by atoms with Crippen molar-refractivity contribution in [2.75, 3.05) is 13.2 Å². The molecule has 6 heteroatoms. The number of ether oxygens (including phenoxy) is 2. The number of nitrogens with zero attached hydrogens (tertiary/aromatic N) is 2. The molecule has 106 valence electrons. The highest BCUT2D eigenvalue weighted by Gasteiger charge is 2.13. The minimum absolute atomic E-state index is 0.599. The van der Waals surface area contributed by atoms with Crippen LogP contribution in [-0.4, -0.2) is 23.2 Å². The summed E-state index contributed by atoms with van der Waals surface area (Å²) in [5, 5.41) is 1.70. The van der Waals surface area contributed by atoms with Crippen LogP contribution in [0.4, 0.5) is 0 Å². The van der Waals surface area contributed by atoms with Gasteiger partial charge >= 0.3 is 0 Å². The van der Waals surface area contributed by atoms with Crippen LogP contribution in [0.1, 0.15) is 23.6 Å². The Morgan fingerprint density at radius 3 is 1.70 bits per heavy atom. The van der Waals surface area contributed by atoms with Gasteiger partial charge in [0.05, 0.1) is 23.0 Å². The number of aromatic nitrogens is 2. The highest BCUT2D eigenvalue weighted by molar-refractivity contribution is 7.22. The molecule has 0 spiro atoms. The molecule has 2 aromatic heterocycles. The van der Waals surface area contributed by atoms with E-state index in [1.165, 1.54) is 22.7 Å². The van der Waals surface area contributed by atoms with Gasteiger partial charge in [-0.05, 0) is 13.8 Å². The van der Waals surface area contributed by atoms with Crippen LogP contribution in [-0.2, 0) is 9.47 Å². The van der Waals surface area contributed by atoms with Gasteiger partial charge in [-0.3, -0.25) is 0 Å². The van der Waals surface area contributed by atoms with Crippen molar-refractivity contribution in [2.24, 2.45) is 0 Å². The monoisotopic (exact) mass is 308 g/mol. The molecule has 0 saturated heterocycles. The fourth-order valence-electron chi connectivity index (χ4n) is 1.49. The molecule has 0 atom stereocenters. The second-order valence-corrected chi connectivity index (χ2v) is 5.83. The predicted octanol–water partition coefficient (Wildman–Crippen LogP) is 4.28. The Balaban J connectivity index is 2.16. The Hall–Kier alpha value is -1.66. The van der Waals surface area contributed by atoms with E-state index in [-0.39, 0.29) is 0 Å². The zero-order chi connectivity index (χ0) is 14.5. The van der Waals surface area contributed by atoms with Crippen LogP contribution < -0.4 is 0 Å². The molecule has 2 heterocycles. The van der Waals surface area contributed by atoms with Gasteiger partial charge in [-0.25, -0.2) is 9.97 Å². The van der Waals surface area contributed by atoms with Crippen molar-refractivity contribution >= 4 is 34.2 Å². The second kappa shape index (κ2) is 6.67. The third-order valence-electron chi connectivity index (χ3n) is 2.38. The number of thiazole rings is 2. The van der Waals surface area contributed by atoms with Crippen molar-refractivity contribution in [3.63, 3.8) is 0 Å². The number of hydrogen-bond acceptors (Lipinski definition) is 6. The van der Waals surface area contributed by atoms with Gasteiger partial charge in [0.25, 0.3) is 0 Å². The molecule has 0 amide bonds. The lowest BCUT2D eigenvalue weighted by atomic mass is 10.5. The summed E-state index contributed by atoms with van der Waals surface area (Å²) in [5.74, 6) is 1.29. The normalized spacial score (nSPS) is 10.3. The molecule has 0 N–H and O–H groups in total. The van der Waals surface area contributed by atoms with Gasteiger partial charge < -0.3 is 9.47 Å². The Morgan fingerprint density at radius 1 is 0.950 bits per heavy atom. The van der Waals surface area contributed by atoms with Gasteiger partial charge in [0.15, 0.2) is 10.0 Å². The maximum Gasteiger partial charge on any atom is 0.152 e. The lowest BCUT2D eigenvalue weighted by molar-refractivity contribution is 0.300. The van der Waals surface area contributed by atoms with Crippen LogP contribution in [0.15, 0.2) is 25.6 Å². The highest BCUT2D eigenvalue weighted by atomic mass is 32.1. The Kier molecular flexibility index (Phi) is 4.92. The summed E-state index contributed by atoms with van der Waals surface area (Å²) in [6, 6.07) is 0. The highest BCUT2D eigenvalue weighted by Crippen LogP contribution is 2.33. The zero-order valence-corrected chi connectivity index (χ0v) is 13.1. The quantitative estimate of drug-likeness (QED) is 0.716. The molecule has 0 unspecified atom stereocenters. The third kappa shape index (κ3) is 3.26. The van der Waals surface area contributed by atoms with E-state index in [1.54, 1.807) is 12.4 Å². The first kappa shape index (κ1) is 14.7. The van der Waals surface area contributed by atoms with Crippen molar-refractivity contribution in [1.82, 2.24) is 9.97 Å². The molecular formula is C14H16N2O2S2. The summed E-state index contributed by atoms with van der Waals surface area (Å²) >= 11 is 3.03. The minimum atomic E-state index is 0.599. The average molecular weight is 308 g/mol. The SMILES string of the molecule is C=C(OCC)c1cnc(-c2ncc(C(=C)OCC)s2)s1. The Labute approximate surface area is 126 Å². The van der Waals surface area contributed by atoms with Gasteiger partial charge in [0.2, 0.25) is 0 Å². The Morgan fingerprint density at radius 2 is 1.35 bits per heavy atom. The molecule has 0 aromatic carbocycles. The van der Waals surface area contributed by atoms with Crippen molar-refractivity contribution in [3.8, 4) is 10.0 Å². The topological polar surface area (TPSA) is 44.2 Å². The summed E-state index contributed by atoms with van der Waals surface area (Å²) < 4.78 is 10.8. The van der Waals surface area contributed by atoms with Crippen LogP contribution >= 0.6 is 22.7 Å². The van der Waals surface area contributed by atoms with Crippen LogP contribution in [0.3, 0.4) is 0 Å². The molecule has 0 fully saturated rings. The fraction of sp³-hybridized carbons (Fsp3) is 0.286. The van der Waals surface area contributed by atoms with Gasteiger partial charge in [0.1, 0.15) is 11.5 Å². The van der Waals surface area contributed by atoms with Gasteiger partial charge in [-0.1, -0.05) is 13.2 Å². The van der Waals surface area contributed by atoms with Gasteiger partial charge in [-0.15, -0.1) is 22.7 Å². The van der Waals surface area contributed by atoms with Crippen molar-refractivity contribution in [2.45, 2.75) is 13.8 Å². The molecule has 2 rings (SSSR count). The second-order valence-electron chi connectivity index (χ2n) is 3.77. The van der Waals surface area contributed by atoms with Crippen molar-refractivity contribution in [1.29, 1.82) is 0 Å². The smallest absolute Gasteiger partial charge is 0.152 e. The summed E-state index contributed by atoms with van der Waals surface area (Å²) in [6.45, 7) is 12.8. The largest absolute Gasteiger partial charge is 0.493 e. The van der Waals surface area contributed by atoms with E-state index in [0.717, 1.165) is 19.8 Å². The van der Waals surface area contributed by atoms with Crippen LogP contribution in [0, 0.1) is 0 Å². The van der Waals surface area contributed by atoms with Crippen LogP contribution in [0.2, 0.25) is 0 Å². The first-order chi connectivity index (χ1) is 9.65. The minimum Gasteiger partial charge on any atom is -0.493 e. The van der Waals surface area contributed by atoms with E-state index >= 15 is 0 Å². The Bertz CT molecular complexity index is 562. The molecule has 0 aliphatic carbocycles. The van der Waals surface area contributed by atoms with Crippen LogP contribution in [0.25, 0.3) is 21.5 Å². The van der Waals surface area contributed by atoms with E-state index in [2.05, 4.69) is 23.1 Å². The van der Waals surface area contributed by atoms with E-state index in [0.29, 0.717) is 24.7 Å². The average Bonchev–Trinajstić information content (AvgIpc) is 3.08. The third-order valence-corrected chi connectivity index (χ3v) is 4.60. The first-order valence-corrected chi connectivity index (χ1v) is 7.85. The number of rotatable bonds is 7. The van der Waals surface area contributed by atoms with Crippen LogP contribution in [0.5, 0.6) is 0 Å². The zero-order valence-electron chi connectivity index (χ0n) is 11.5. The van der Waals surface area contributed by atoms with Crippen molar-refractivity contribution in [3.05, 3.63) is 35.3 Å². The number of hydrogen-bond donors (Lipinski definition) is 0. The first-order valence-electron chi connectivity index (χ1n) is 6.21.